The van der Waals surface area contributed by atoms with Gasteiger partial charge in [0, 0.05) is 30.3 Å². The van der Waals surface area contributed by atoms with Crippen LogP contribution < -0.4 is 9.62 Å². The molecule has 1 amide bonds. The number of furan rings is 1. The summed E-state index contributed by atoms with van der Waals surface area (Å²) in [6.07, 6.45) is 4.45. The molecule has 3 aromatic rings. The van der Waals surface area contributed by atoms with Crippen molar-refractivity contribution in [3.05, 3.63) is 53.3 Å². The normalized spacial score (nSPS) is 13.0. The molecule has 0 unspecified atom stereocenters. The van der Waals surface area contributed by atoms with Crippen LogP contribution in [0, 0.1) is 5.82 Å². The number of hydrogen-bond acceptors (Lipinski definition) is 9. The van der Waals surface area contributed by atoms with Crippen LogP contribution in [0.25, 0.3) is 22.3 Å². The number of rotatable bonds is 18. The Bertz CT molecular complexity index is 1330. The number of fused-ring (bicyclic) bond motifs is 1. The minimum Gasteiger partial charge on any atom is -0.466 e. The molecule has 1 aliphatic carbocycles. The van der Waals surface area contributed by atoms with E-state index in [9.17, 15) is 14.0 Å². The Kier molecular flexibility index (Phi) is 12.1. The van der Waals surface area contributed by atoms with Gasteiger partial charge in [-0.3, -0.25) is 9.59 Å². The van der Waals surface area contributed by atoms with Gasteiger partial charge in [0.1, 0.15) is 17.2 Å². The van der Waals surface area contributed by atoms with Crippen LogP contribution in [0.15, 0.2) is 40.8 Å². The number of benzene rings is 2. The van der Waals surface area contributed by atoms with E-state index < -0.39 is 0 Å². The summed E-state index contributed by atoms with van der Waals surface area (Å²) in [4.78, 5) is 24.3. The van der Waals surface area contributed by atoms with Crippen molar-refractivity contribution in [3.63, 3.8) is 0 Å². The lowest BCUT2D eigenvalue weighted by molar-refractivity contribution is -0.144. The summed E-state index contributed by atoms with van der Waals surface area (Å²) in [6, 6.07) is 10.0. The summed E-state index contributed by atoms with van der Waals surface area (Å²) in [6.45, 7) is 5.35. The molecule has 2 aromatic carbocycles. The Balaban J connectivity index is 1.36. The van der Waals surface area contributed by atoms with Crippen molar-refractivity contribution in [2.45, 2.75) is 32.1 Å². The van der Waals surface area contributed by atoms with Gasteiger partial charge in [-0.2, -0.15) is 0 Å². The quantitative estimate of drug-likeness (QED) is 0.114. The van der Waals surface area contributed by atoms with E-state index in [0.717, 1.165) is 23.9 Å². The van der Waals surface area contributed by atoms with Crippen LogP contribution in [0.2, 0.25) is 0 Å². The molecule has 42 heavy (non-hydrogen) atoms. The lowest BCUT2D eigenvalue weighted by Gasteiger charge is -2.24. The average molecular weight is 603 g/mol. The second-order valence-corrected chi connectivity index (χ2v) is 10.6. The molecular formula is C31H39FN2O7S. The Hall–Kier alpha value is -3.12. The van der Waals surface area contributed by atoms with Crippen LogP contribution in [-0.4, -0.2) is 78.0 Å². The van der Waals surface area contributed by atoms with Crippen molar-refractivity contribution >= 4 is 40.5 Å². The van der Waals surface area contributed by atoms with E-state index in [-0.39, 0.29) is 24.1 Å². The Labute approximate surface area is 250 Å². The van der Waals surface area contributed by atoms with E-state index >= 15 is 0 Å². The summed E-state index contributed by atoms with van der Waals surface area (Å²) in [5.74, 6) is -0.0110. The molecular weight excluding hydrogens is 563 g/mol. The van der Waals surface area contributed by atoms with Crippen LogP contribution in [0.3, 0.4) is 0 Å². The zero-order chi connectivity index (χ0) is 29.9. The fourth-order valence-corrected chi connectivity index (χ4v) is 5.24. The van der Waals surface area contributed by atoms with Crippen molar-refractivity contribution in [1.29, 1.82) is 0 Å². The first-order valence-electron chi connectivity index (χ1n) is 14.3. The van der Waals surface area contributed by atoms with Crippen molar-refractivity contribution < 1.29 is 37.3 Å². The highest BCUT2D eigenvalue weighted by molar-refractivity contribution is 7.99. The molecule has 11 heteroatoms. The van der Waals surface area contributed by atoms with Crippen LogP contribution in [-0.2, 0) is 23.7 Å². The van der Waals surface area contributed by atoms with Gasteiger partial charge >= 0.3 is 5.97 Å². The van der Waals surface area contributed by atoms with Crippen LogP contribution in [0.5, 0.6) is 0 Å². The molecule has 0 saturated heterocycles. The Morgan fingerprint density at radius 3 is 2.31 bits per heavy atom. The fourth-order valence-electron chi connectivity index (χ4n) is 4.63. The molecule has 0 aliphatic heterocycles. The highest BCUT2D eigenvalue weighted by atomic mass is 32.2. The van der Waals surface area contributed by atoms with Gasteiger partial charge in [0.05, 0.1) is 70.5 Å². The zero-order valence-electron chi connectivity index (χ0n) is 24.4. The van der Waals surface area contributed by atoms with Gasteiger partial charge < -0.3 is 33.0 Å². The summed E-state index contributed by atoms with van der Waals surface area (Å²) in [5, 5.41) is 3.47. The maximum atomic E-state index is 13.6. The smallest absolute Gasteiger partial charge is 0.308 e. The number of carbonyl (C=O) groups is 2. The number of carbonyl (C=O) groups excluding carboxylic acids is 2. The summed E-state index contributed by atoms with van der Waals surface area (Å²) in [5.41, 5.74) is 3.92. The molecule has 1 fully saturated rings. The van der Waals surface area contributed by atoms with E-state index in [2.05, 4.69) is 15.7 Å². The Morgan fingerprint density at radius 2 is 1.69 bits per heavy atom. The number of nitrogens with one attached hydrogen (secondary N) is 1. The maximum Gasteiger partial charge on any atom is 0.308 e. The number of amides is 1. The number of anilines is 1. The molecule has 1 heterocycles. The van der Waals surface area contributed by atoms with Gasteiger partial charge in [0.2, 0.25) is 0 Å². The number of esters is 1. The SMILES string of the molecule is CCOC(=O)CCOCCOCCOCCN(SC)c1cc2oc(-c3ccc(F)cc3)c(C(=O)NC)c2cc1C1CC1. The second kappa shape index (κ2) is 15.9. The van der Waals surface area contributed by atoms with Gasteiger partial charge in [0.15, 0.2) is 0 Å². The summed E-state index contributed by atoms with van der Waals surface area (Å²) < 4.78 is 43.7. The minimum atomic E-state index is -0.351. The number of halogens is 1. The third-order valence-corrected chi connectivity index (χ3v) is 7.66. The molecule has 0 spiro atoms. The molecule has 9 nitrogen and oxygen atoms in total. The second-order valence-electron chi connectivity index (χ2n) is 9.75. The largest absolute Gasteiger partial charge is 0.466 e. The van der Waals surface area contributed by atoms with E-state index in [1.807, 2.05) is 12.3 Å². The number of hydrogen-bond donors (Lipinski definition) is 1. The summed E-state index contributed by atoms with van der Waals surface area (Å²) >= 11 is 1.61. The van der Waals surface area contributed by atoms with Crippen LogP contribution in [0.1, 0.15) is 48.0 Å². The number of ether oxygens (including phenoxy) is 4. The predicted octanol–water partition coefficient (Wildman–Crippen LogP) is 5.56. The van der Waals surface area contributed by atoms with Gasteiger partial charge in [-0.1, -0.05) is 11.9 Å². The first-order valence-corrected chi connectivity index (χ1v) is 15.4. The molecule has 0 radical (unpaired) electrons. The monoisotopic (exact) mass is 602 g/mol. The van der Waals surface area contributed by atoms with Gasteiger partial charge in [-0.25, -0.2) is 4.39 Å². The lowest BCUT2D eigenvalue weighted by Crippen LogP contribution is -2.22. The molecule has 1 saturated carbocycles. The third kappa shape index (κ3) is 8.47. The van der Waals surface area contributed by atoms with Crippen LogP contribution >= 0.6 is 11.9 Å². The Morgan fingerprint density at radius 1 is 1.02 bits per heavy atom. The highest BCUT2D eigenvalue weighted by Gasteiger charge is 2.31. The van der Waals surface area contributed by atoms with Gasteiger partial charge in [-0.15, -0.1) is 0 Å². The van der Waals surface area contributed by atoms with E-state index in [1.54, 1.807) is 38.1 Å². The topological polar surface area (TPSA) is 99.5 Å². The van der Waals surface area contributed by atoms with Crippen molar-refractivity contribution in [1.82, 2.24) is 5.32 Å². The van der Waals surface area contributed by atoms with Gasteiger partial charge in [0.25, 0.3) is 5.91 Å². The predicted molar refractivity (Wildman–Crippen MR) is 162 cm³/mol. The highest BCUT2D eigenvalue weighted by Crippen LogP contribution is 2.48. The van der Waals surface area contributed by atoms with Crippen LogP contribution in [0.4, 0.5) is 10.1 Å². The van der Waals surface area contributed by atoms with E-state index in [1.165, 1.54) is 17.7 Å². The molecule has 4 rings (SSSR count). The van der Waals surface area contributed by atoms with E-state index in [4.69, 9.17) is 23.4 Å². The molecule has 228 valence electrons. The zero-order valence-corrected chi connectivity index (χ0v) is 25.2. The standard InChI is InChI=1S/C31H39FN2O7S/c1-4-40-28(35)11-13-37-15-17-39-18-16-38-14-12-34(42-3)26-20-27-25(19-24(26)21-5-6-21)29(31(36)33-2)30(41-27)22-7-9-23(32)10-8-22/h7-10,19-21H,4-6,11-18H2,1-3H3,(H,33,36). The lowest BCUT2D eigenvalue weighted by atomic mass is 10.0. The molecule has 0 bridgehead atoms. The van der Waals surface area contributed by atoms with Crippen molar-refractivity contribution in [3.8, 4) is 11.3 Å². The average Bonchev–Trinajstić information content (AvgIpc) is 3.77. The number of nitrogens with zero attached hydrogens (tertiary/aromatic N) is 1. The molecule has 1 aliphatic rings. The fraction of sp³-hybridized carbons (Fsp3) is 0.484. The molecule has 1 N–H and O–H groups in total. The van der Waals surface area contributed by atoms with E-state index in [0.29, 0.717) is 81.2 Å². The summed E-state index contributed by atoms with van der Waals surface area (Å²) in [7, 11) is 1.59. The first-order chi connectivity index (χ1) is 20.5. The molecule has 0 atom stereocenters. The third-order valence-electron chi connectivity index (χ3n) is 6.84. The maximum absolute atomic E-state index is 13.6. The first kappa shape index (κ1) is 31.8. The van der Waals surface area contributed by atoms with Crippen molar-refractivity contribution in [2.75, 3.05) is 70.4 Å². The minimum absolute atomic E-state index is 0.239. The van der Waals surface area contributed by atoms with Crippen molar-refractivity contribution in [2.24, 2.45) is 0 Å². The van der Waals surface area contributed by atoms with Gasteiger partial charge in [-0.05, 0) is 61.6 Å². The molecule has 1 aromatic heterocycles.